The molecular weight excluding hydrogens is 272 g/mol. The number of carboxylic acid groups (broad SMARTS) is 1. The number of hydrogen-bond donors (Lipinski definition) is 3. The van der Waals surface area contributed by atoms with Crippen LogP contribution in [0.2, 0.25) is 0 Å². The van der Waals surface area contributed by atoms with Crippen LogP contribution in [-0.2, 0) is 19.8 Å². The highest BCUT2D eigenvalue weighted by Crippen LogP contribution is 2.23. The number of nitrogens with two attached hydrogens (primary N) is 1. The van der Waals surface area contributed by atoms with Gasteiger partial charge in [-0.3, -0.25) is 9.59 Å². The molecule has 0 radical (unpaired) electrons. The third-order valence-corrected chi connectivity index (χ3v) is 3.35. The maximum absolute atomic E-state index is 12.3. The Bertz CT molecular complexity index is 526. The Morgan fingerprint density at radius 2 is 1.81 bits per heavy atom. The molecule has 0 heterocycles. The van der Waals surface area contributed by atoms with E-state index in [0.717, 1.165) is 5.56 Å². The highest BCUT2D eigenvalue weighted by Gasteiger charge is 2.32. The van der Waals surface area contributed by atoms with Crippen molar-refractivity contribution in [1.82, 2.24) is 5.32 Å². The summed E-state index contributed by atoms with van der Waals surface area (Å²) < 4.78 is 0. The molecule has 21 heavy (non-hydrogen) atoms. The number of amides is 2. The second-order valence-corrected chi connectivity index (χ2v) is 5.36. The zero-order valence-electron chi connectivity index (χ0n) is 12.1. The van der Waals surface area contributed by atoms with Gasteiger partial charge in [0.15, 0.2) is 0 Å². The van der Waals surface area contributed by atoms with Crippen LogP contribution in [0.4, 0.5) is 0 Å². The first-order valence-corrected chi connectivity index (χ1v) is 6.62. The standard InChI is InChI=1S/C15H20N2O4/c1-15(2,10-6-4-3-5-7-10)14(21)17-11(13(19)20)8-9-12(16)18/h3-7,11H,8-9H2,1-2H3,(H2,16,18)(H,17,21)(H,19,20). The van der Waals surface area contributed by atoms with E-state index in [9.17, 15) is 14.4 Å². The van der Waals surface area contributed by atoms with Gasteiger partial charge < -0.3 is 16.2 Å². The Balaban J connectivity index is 2.81. The highest BCUT2D eigenvalue weighted by atomic mass is 16.4. The number of nitrogens with one attached hydrogen (secondary N) is 1. The maximum Gasteiger partial charge on any atom is 0.326 e. The van der Waals surface area contributed by atoms with Crippen molar-refractivity contribution in [2.75, 3.05) is 0 Å². The van der Waals surface area contributed by atoms with Crippen LogP contribution in [0.1, 0.15) is 32.3 Å². The number of primary amides is 1. The zero-order valence-corrected chi connectivity index (χ0v) is 12.1. The molecule has 1 rings (SSSR count). The third-order valence-electron chi connectivity index (χ3n) is 3.35. The quantitative estimate of drug-likeness (QED) is 0.690. The molecule has 0 bridgehead atoms. The number of carbonyl (C=O) groups excluding carboxylic acids is 2. The fourth-order valence-electron chi connectivity index (χ4n) is 1.87. The summed E-state index contributed by atoms with van der Waals surface area (Å²) in [6, 6.07) is 7.94. The number of rotatable bonds is 7. The van der Waals surface area contributed by atoms with Crippen molar-refractivity contribution in [1.29, 1.82) is 0 Å². The summed E-state index contributed by atoms with van der Waals surface area (Å²) in [5, 5.41) is 11.6. The van der Waals surface area contributed by atoms with Crippen LogP contribution in [0, 0.1) is 0 Å². The lowest BCUT2D eigenvalue weighted by Crippen LogP contribution is -2.48. The lowest BCUT2D eigenvalue weighted by Gasteiger charge is -2.26. The summed E-state index contributed by atoms with van der Waals surface area (Å²) >= 11 is 0. The molecule has 4 N–H and O–H groups in total. The molecule has 6 heteroatoms. The van der Waals surface area contributed by atoms with Crippen LogP contribution in [0.3, 0.4) is 0 Å². The fourth-order valence-corrected chi connectivity index (χ4v) is 1.87. The van der Waals surface area contributed by atoms with Gasteiger partial charge in [0.05, 0.1) is 5.41 Å². The van der Waals surface area contributed by atoms with Gasteiger partial charge in [0.1, 0.15) is 6.04 Å². The van der Waals surface area contributed by atoms with Crippen LogP contribution in [-0.4, -0.2) is 28.9 Å². The number of hydrogen-bond acceptors (Lipinski definition) is 3. The second-order valence-electron chi connectivity index (χ2n) is 5.36. The largest absolute Gasteiger partial charge is 0.480 e. The van der Waals surface area contributed by atoms with Crippen LogP contribution in [0.5, 0.6) is 0 Å². The number of carboxylic acids is 1. The van der Waals surface area contributed by atoms with Crippen molar-refractivity contribution in [2.45, 2.75) is 38.1 Å². The summed E-state index contributed by atoms with van der Waals surface area (Å²) in [5.74, 6) is -2.20. The van der Waals surface area contributed by atoms with Gasteiger partial charge in [0.25, 0.3) is 0 Å². The molecule has 114 valence electrons. The minimum atomic E-state index is -1.19. The van der Waals surface area contributed by atoms with Crippen LogP contribution in [0.15, 0.2) is 30.3 Å². The smallest absolute Gasteiger partial charge is 0.326 e. The summed E-state index contributed by atoms with van der Waals surface area (Å²) in [5.41, 5.74) is 4.91. The van der Waals surface area contributed by atoms with E-state index in [1.54, 1.807) is 26.0 Å². The highest BCUT2D eigenvalue weighted by molar-refractivity contribution is 5.91. The molecule has 0 fully saturated rings. The van der Waals surface area contributed by atoms with Gasteiger partial charge in [0.2, 0.25) is 11.8 Å². The van der Waals surface area contributed by atoms with Crippen LogP contribution in [0.25, 0.3) is 0 Å². The van der Waals surface area contributed by atoms with Crippen molar-refractivity contribution >= 4 is 17.8 Å². The van der Waals surface area contributed by atoms with Gasteiger partial charge in [0, 0.05) is 6.42 Å². The van der Waals surface area contributed by atoms with Gasteiger partial charge in [-0.15, -0.1) is 0 Å². The molecule has 0 aromatic heterocycles. The minimum Gasteiger partial charge on any atom is -0.480 e. The topological polar surface area (TPSA) is 109 Å². The molecule has 0 saturated carbocycles. The first kappa shape index (κ1) is 16.7. The van der Waals surface area contributed by atoms with Gasteiger partial charge >= 0.3 is 5.97 Å². The molecule has 2 amide bonds. The molecule has 0 aliphatic carbocycles. The van der Waals surface area contributed by atoms with Crippen LogP contribution >= 0.6 is 0 Å². The first-order chi connectivity index (χ1) is 9.75. The van der Waals surface area contributed by atoms with Crippen molar-refractivity contribution in [2.24, 2.45) is 5.73 Å². The molecule has 0 saturated heterocycles. The second kappa shape index (κ2) is 6.88. The van der Waals surface area contributed by atoms with E-state index in [0.29, 0.717) is 0 Å². The van der Waals surface area contributed by atoms with E-state index >= 15 is 0 Å². The van der Waals surface area contributed by atoms with Crippen molar-refractivity contribution in [3.05, 3.63) is 35.9 Å². The molecular formula is C15H20N2O4. The normalized spacial score (nSPS) is 12.5. The molecule has 1 unspecified atom stereocenters. The molecule has 0 spiro atoms. The van der Waals surface area contributed by atoms with E-state index in [4.69, 9.17) is 10.8 Å². The number of aliphatic carboxylic acids is 1. The Kier molecular flexibility index (Phi) is 5.46. The van der Waals surface area contributed by atoms with E-state index < -0.39 is 29.2 Å². The first-order valence-electron chi connectivity index (χ1n) is 6.62. The number of carbonyl (C=O) groups is 3. The number of benzene rings is 1. The maximum atomic E-state index is 12.3. The summed E-state index contributed by atoms with van der Waals surface area (Å²) in [7, 11) is 0. The van der Waals surface area contributed by atoms with Crippen molar-refractivity contribution in [3.8, 4) is 0 Å². The van der Waals surface area contributed by atoms with Gasteiger partial charge in [-0.05, 0) is 25.8 Å². The van der Waals surface area contributed by atoms with Gasteiger partial charge in [-0.25, -0.2) is 4.79 Å². The molecule has 0 aliphatic heterocycles. The summed E-state index contributed by atoms with van der Waals surface area (Å²) in [4.78, 5) is 34.2. The van der Waals surface area contributed by atoms with Crippen molar-refractivity contribution < 1.29 is 19.5 Å². The Morgan fingerprint density at radius 3 is 2.29 bits per heavy atom. The van der Waals surface area contributed by atoms with Crippen LogP contribution < -0.4 is 11.1 Å². The SMILES string of the molecule is CC(C)(C(=O)NC(CCC(N)=O)C(=O)O)c1ccccc1. The minimum absolute atomic E-state index is 0.0265. The average Bonchev–Trinajstić information content (AvgIpc) is 2.43. The monoisotopic (exact) mass is 292 g/mol. The predicted octanol–water partition coefficient (Wildman–Crippen LogP) is 0.799. The van der Waals surface area contributed by atoms with Gasteiger partial charge in [-0.2, -0.15) is 0 Å². The molecule has 6 nitrogen and oxygen atoms in total. The lowest BCUT2D eigenvalue weighted by molar-refractivity contribution is -0.143. The Morgan fingerprint density at radius 1 is 1.24 bits per heavy atom. The van der Waals surface area contributed by atoms with E-state index in [1.165, 1.54) is 0 Å². The molecule has 1 aromatic rings. The summed E-state index contributed by atoms with van der Waals surface area (Å²) in [6.07, 6.45) is -0.121. The third kappa shape index (κ3) is 4.59. The molecule has 1 atom stereocenters. The van der Waals surface area contributed by atoms with Crippen molar-refractivity contribution in [3.63, 3.8) is 0 Å². The lowest BCUT2D eigenvalue weighted by atomic mass is 9.83. The van der Waals surface area contributed by atoms with E-state index in [2.05, 4.69) is 5.32 Å². The Hall–Kier alpha value is -2.37. The average molecular weight is 292 g/mol. The fraction of sp³-hybridized carbons (Fsp3) is 0.400. The molecule has 1 aromatic carbocycles. The molecule has 0 aliphatic rings. The van der Waals surface area contributed by atoms with E-state index in [-0.39, 0.29) is 12.8 Å². The zero-order chi connectivity index (χ0) is 16.0. The summed E-state index contributed by atoms with van der Waals surface area (Å²) in [6.45, 7) is 3.43. The predicted molar refractivity (Wildman–Crippen MR) is 77.5 cm³/mol. The van der Waals surface area contributed by atoms with Gasteiger partial charge in [-0.1, -0.05) is 30.3 Å². The Labute approximate surface area is 123 Å². The van der Waals surface area contributed by atoms with E-state index in [1.807, 2.05) is 18.2 Å².